The van der Waals surface area contributed by atoms with Crippen LogP contribution in [0.15, 0.2) is 53.4 Å². The van der Waals surface area contributed by atoms with Crippen molar-refractivity contribution in [3.63, 3.8) is 0 Å². The van der Waals surface area contributed by atoms with Crippen molar-refractivity contribution in [2.45, 2.75) is 37.5 Å². The van der Waals surface area contributed by atoms with Crippen LogP contribution in [0.4, 0.5) is 5.69 Å². The van der Waals surface area contributed by atoms with E-state index >= 15 is 0 Å². The third-order valence-electron chi connectivity index (χ3n) is 5.41. The average Bonchev–Trinajstić information content (AvgIpc) is 2.92. The van der Waals surface area contributed by atoms with Crippen LogP contribution in [0.25, 0.3) is 0 Å². The van der Waals surface area contributed by atoms with Gasteiger partial charge in [0.25, 0.3) is 5.91 Å². The summed E-state index contributed by atoms with van der Waals surface area (Å²) in [6.45, 7) is 9.42. The van der Waals surface area contributed by atoms with Gasteiger partial charge in [0.05, 0.1) is 4.90 Å². The fraction of sp³-hybridized carbons (Fsp3) is 0.435. The minimum atomic E-state index is -3.19. The summed E-state index contributed by atoms with van der Waals surface area (Å²) in [6.07, 6.45) is 2.09. The monoisotopic (exact) mass is 414 g/mol. The van der Waals surface area contributed by atoms with Gasteiger partial charge in [-0.1, -0.05) is 32.9 Å². The van der Waals surface area contributed by atoms with E-state index in [-0.39, 0.29) is 11.3 Å². The van der Waals surface area contributed by atoms with Gasteiger partial charge in [0, 0.05) is 43.7 Å². The van der Waals surface area contributed by atoms with E-state index in [9.17, 15) is 13.2 Å². The van der Waals surface area contributed by atoms with Crippen molar-refractivity contribution in [1.29, 1.82) is 0 Å². The lowest BCUT2D eigenvalue weighted by Gasteiger charge is -2.24. The third-order valence-corrected chi connectivity index (χ3v) is 6.54. The minimum Gasteiger partial charge on any atom is -0.370 e. The predicted molar refractivity (Wildman–Crippen MR) is 117 cm³/mol. The molecule has 156 valence electrons. The molecule has 2 aromatic carbocycles. The topological polar surface area (TPSA) is 57.7 Å². The van der Waals surface area contributed by atoms with Gasteiger partial charge < -0.3 is 9.80 Å². The number of rotatable bonds is 3. The molecule has 3 rings (SSSR count). The van der Waals surface area contributed by atoms with Gasteiger partial charge >= 0.3 is 0 Å². The number of nitrogens with zero attached hydrogens (tertiary/aromatic N) is 2. The molecule has 5 nitrogen and oxygen atoms in total. The number of carbonyl (C=O) groups is 1. The predicted octanol–water partition coefficient (Wildman–Crippen LogP) is 3.74. The highest BCUT2D eigenvalue weighted by Gasteiger charge is 2.21. The van der Waals surface area contributed by atoms with Crippen LogP contribution < -0.4 is 4.90 Å². The SMILES string of the molecule is CC(C)(C)c1ccc(C(=O)N2CCCN(c3ccc(S(C)(=O)=O)cc3)CC2)cc1. The zero-order valence-corrected chi connectivity index (χ0v) is 18.5. The Labute approximate surface area is 174 Å². The molecule has 0 aromatic heterocycles. The lowest BCUT2D eigenvalue weighted by Crippen LogP contribution is -2.35. The molecule has 1 amide bonds. The first kappa shape index (κ1) is 21.4. The lowest BCUT2D eigenvalue weighted by molar-refractivity contribution is 0.0767. The quantitative estimate of drug-likeness (QED) is 0.768. The second-order valence-corrected chi connectivity index (χ2v) is 10.7. The standard InChI is InChI=1S/C23H30N2O3S/c1-23(2,3)19-8-6-18(7-9-19)22(26)25-15-5-14-24(16-17-25)20-10-12-21(13-11-20)29(4,27)28/h6-13H,5,14-17H2,1-4H3. The van der Waals surface area contributed by atoms with E-state index in [1.54, 1.807) is 12.1 Å². The number of benzene rings is 2. The molecule has 0 saturated carbocycles. The second-order valence-electron chi connectivity index (χ2n) is 8.73. The van der Waals surface area contributed by atoms with Crippen molar-refractivity contribution < 1.29 is 13.2 Å². The number of hydrogen-bond acceptors (Lipinski definition) is 4. The lowest BCUT2D eigenvalue weighted by atomic mass is 9.86. The third kappa shape index (κ3) is 5.18. The van der Waals surface area contributed by atoms with E-state index in [0.29, 0.717) is 11.4 Å². The first-order valence-corrected chi connectivity index (χ1v) is 11.9. The van der Waals surface area contributed by atoms with E-state index in [4.69, 9.17) is 0 Å². The van der Waals surface area contributed by atoms with Gasteiger partial charge in [-0.15, -0.1) is 0 Å². The molecule has 1 saturated heterocycles. The van der Waals surface area contributed by atoms with Crippen molar-refractivity contribution in [3.8, 4) is 0 Å². The van der Waals surface area contributed by atoms with Gasteiger partial charge in [-0.25, -0.2) is 8.42 Å². The first-order chi connectivity index (χ1) is 13.6. The second kappa shape index (κ2) is 8.19. The number of anilines is 1. The summed E-state index contributed by atoms with van der Waals surface area (Å²) in [6, 6.07) is 14.9. The molecule has 0 aliphatic carbocycles. The maximum absolute atomic E-state index is 13.0. The molecule has 6 heteroatoms. The van der Waals surface area contributed by atoms with Crippen LogP contribution in [0.5, 0.6) is 0 Å². The average molecular weight is 415 g/mol. The Hall–Kier alpha value is -2.34. The number of hydrogen-bond donors (Lipinski definition) is 0. The molecular formula is C23H30N2O3S. The Morgan fingerprint density at radius 2 is 1.48 bits per heavy atom. The highest BCUT2D eigenvalue weighted by atomic mass is 32.2. The van der Waals surface area contributed by atoms with Crippen LogP contribution in [0.2, 0.25) is 0 Å². The Morgan fingerprint density at radius 3 is 2.03 bits per heavy atom. The van der Waals surface area contributed by atoms with E-state index in [2.05, 4.69) is 25.7 Å². The van der Waals surface area contributed by atoms with Gasteiger partial charge in [-0.05, 0) is 53.8 Å². The molecular weight excluding hydrogens is 384 g/mol. The first-order valence-electron chi connectivity index (χ1n) is 10.0. The van der Waals surface area contributed by atoms with Crippen LogP contribution in [0, 0.1) is 0 Å². The molecule has 0 spiro atoms. The summed E-state index contributed by atoms with van der Waals surface area (Å²) in [5.74, 6) is 0.0692. The van der Waals surface area contributed by atoms with Crippen molar-refractivity contribution in [3.05, 3.63) is 59.7 Å². The normalized spacial score (nSPS) is 15.9. The molecule has 1 aliphatic rings. The molecule has 1 aliphatic heterocycles. The van der Waals surface area contributed by atoms with Crippen molar-refractivity contribution in [1.82, 2.24) is 4.90 Å². The number of amides is 1. The highest BCUT2D eigenvalue weighted by Crippen LogP contribution is 2.23. The zero-order chi connectivity index (χ0) is 21.2. The van der Waals surface area contributed by atoms with E-state index in [0.717, 1.165) is 37.3 Å². The highest BCUT2D eigenvalue weighted by molar-refractivity contribution is 7.90. The van der Waals surface area contributed by atoms with E-state index < -0.39 is 9.84 Å². The van der Waals surface area contributed by atoms with Crippen LogP contribution >= 0.6 is 0 Å². The van der Waals surface area contributed by atoms with Crippen LogP contribution in [0.3, 0.4) is 0 Å². The van der Waals surface area contributed by atoms with Crippen LogP contribution in [0.1, 0.15) is 43.1 Å². The molecule has 0 N–H and O–H groups in total. The largest absolute Gasteiger partial charge is 0.370 e. The molecule has 0 atom stereocenters. The summed E-state index contributed by atoms with van der Waals surface area (Å²) >= 11 is 0. The number of sulfone groups is 1. The van der Waals surface area contributed by atoms with Gasteiger partial charge in [-0.3, -0.25) is 4.79 Å². The maximum atomic E-state index is 13.0. The van der Waals surface area contributed by atoms with Gasteiger partial charge in [-0.2, -0.15) is 0 Å². The van der Waals surface area contributed by atoms with Crippen molar-refractivity contribution in [2.75, 3.05) is 37.3 Å². The van der Waals surface area contributed by atoms with Crippen molar-refractivity contribution in [2.24, 2.45) is 0 Å². The summed E-state index contributed by atoms with van der Waals surface area (Å²) in [5, 5.41) is 0. The maximum Gasteiger partial charge on any atom is 0.253 e. The summed E-state index contributed by atoms with van der Waals surface area (Å²) in [4.78, 5) is 17.4. The summed E-state index contributed by atoms with van der Waals surface area (Å²) in [5.41, 5.74) is 3.00. The molecule has 2 aromatic rings. The van der Waals surface area contributed by atoms with E-state index in [1.165, 1.54) is 11.8 Å². The number of carbonyl (C=O) groups excluding carboxylic acids is 1. The molecule has 29 heavy (non-hydrogen) atoms. The molecule has 0 bridgehead atoms. The molecule has 1 heterocycles. The van der Waals surface area contributed by atoms with Gasteiger partial charge in [0.1, 0.15) is 0 Å². The molecule has 1 fully saturated rings. The molecule has 0 unspecified atom stereocenters. The zero-order valence-electron chi connectivity index (χ0n) is 17.7. The Kier molecular flexibility index (Phi) is 6.03. The Balaban J connectivity index is 1.67. The fourth-order valence-electron chi connectivity index (χ4n) is 3.58. The Bertz CT molecular complexity index is 959. The fourth-order valence-corrected chi connectivity index (χ4v) is 4.21. The van der Waals surface area contributed by atoms with Crippen molar-refractivity contribution >= 4 is 21.4 Å². The van der Waals surface area contributed by atoms with Gasteiger partial charge in [0.15, 0.2) is 9.84 Å². The smallest absolute Gasteiger partial charge is 0.253 e. The molecule has 0 radical (unpaired) electrons. The van der Waals surface area contributed by atoms with E-state index in [1.807, 2.05) is 41.3 Å². The minimum absolute atomic E-state index is 0.0668. The van der Waals surface area contributed by atoms with Gasteiger partial charge in [0.2, 0.25) is 0 Å². The van der Waals surface area contributed by atoms with Crippen LogP contribution in [-0.2, 0) is 15.3 Å². The Morgan fingerprint density at radius 1 is 0.862 bits per heavy atom. The summed E-state index contributed by atoms with van der Waals surface area (Å²) < 4.78 is 23.3. The van der Waals surface area contributed by atoms with Crippen LogP contribution in [-0.4, -0.2) is 51.7 Å². The summed E-state index contributed by atoms with van der Waals surface area (Å²) in [7, 11) is -3.19.